The fourth-order valence-corrected chi connectivity index (χ4v) is 14.2. The minimum Gasteiger partial charge on any atom is -0.507 e. The van der Waals surface area contributed by atoms with E-state index < -0.39 is 23.9 Å². The smallest absolute Gasteiger partial charge is 0.341 e. The number of methoxy groups -OCH3 is 7. The van der Waals surface area contributed by atoms with Gasteiger partial charge in [0.1, 0.15) is 151 Å². The van der Waals surface area contributed by atoms with Crippen molar-refractivity contribution in [3.8, 4) is 104 Å². The number of hydrogen-bond donors (Lipinski definition) is 9. The molecular weight excluding hydrogens is 2030 g/mol. The maximum absolute atomic E-state index is 12.9. The third-order valence-corrected chi connectivity index (χ3v) is 21.5. The number of fused-ring (bicyclic) bond motifs is 5. The number of amides is 1. The maximum atomic E-state index is 12.9. The van der Waals surface area contributed by atoms with Crippen LogP contribution in [0.1, 0.15) is 103 Å². The Balaban J connectivity index is 0.000000182. The maximum Gasteiger partial charge on any atom is 0.341 e. The number of pyridine rings is 4. The van der Waals surface area contributed by atoms with E-state index in [4.69, 9.17) is 60.2 Å². The van der Waals surface area contributed by atoms with Gasteiger partial charge >= 0.3 is 23.9 Å². The lowest BCUT2D eigenvalue weighted by Crippen LogP contribution is -2.16. The number of ether oxygens (including phenoxy) is 10. The monoisotopic (exact) mass is 2120 g/mol. The fraction of sp³-hybridized carbons (Fsp3) is 0.267. The van der Waals surface area contributed by atoms with E-state index in [1.165, 1.54) is 66.9 Å². The van der Waals surface area contributed by atoms with Crippen molar-refractivity contribution in [1.82, 2.24) is 79.0 Å². The zero-order valence-corrected chi connectivity index (χ0v) is 79.4. The van der Waals surface area contributed by atoms with Crippen LogP contribution >= 0.6 is 79.6 Å². The van der Waals surface area contributed by atoms with Gasteiger partial charge in [-0.25, -0.2) is 39.1 Å². The number of aromatic hydroxyl groups is 3. The first-order chi connectivity index (χ1) is 63.1. The summed E-state index contributed by atoms with van der Waals surface area (Å²) < 4.78 is 62.4. The molecule has 12 N–H and O–H groups in total. The SMILES string of the molecule is COC(=O)c1cc(O)c(Br)cc1O.COC(=O)c1cc(OC)c(Br)cc1O.COC(=O)c1cc(OC)c(Br)cc1OCCCCn1cnnc1-c1cccc(N)n1.COc1cc(C(=O)O)c(OCCCCn2cnnc2-c2cccc(N)n2)cc1Br.COc1cc2c(cc1Br)OCCCCn1cnnc1-c1cccc(n1)NC2=O.Nc1cccc(-c2nncn2CCCCO)n1. The molecule has 0 unspecified atom stereocenters. The summed E-state index contributed by atoms with van der Waals surface area (Å²) in [6.07, 6.45) is 13.1. The number of hydrogen-bond acceptors (Lipinski definition) is 34. The molecule has 0 saturated heterocycles. The number of phenolic OH excluding ortho intramolecular Hbond substituents is 3. The average Bonchev–Trinajstić information content (AvgIpc) is 1.70. The molecule has 8 aromatic heterocycles. The molecule has 1 aliphatic rings. The average molecular weight is 2120 g/mol. The van der Waals surface area contributed by atoms with Gasteiger partial charge < -0.3 is 114 Å². The van der Waals surface area contributed by atoms with Crippen LogP contribution in [0.2, 0.25) is 0 Å². The molecule has 690 valence electrons. The van der Waals surface area contributed by atoms with E-state index in [-0.39, 0.29) is 46.5 Å². The van der Waals surface area contributed by atoms with Gasteiger partial charge in [-0.05, 0) is 240 Å². The second kappa shape index (κ2) is 50.9. The van der Waals surface area contributed by atoms with Crippen LogP contribution in [0.5, 0.6) is 57.5 Å². The highest BCUT2D eigenvalue weighted by Gasteiger charge is 2.24. The van der Waals surface area contributed by atoms with Crippen LogP contribution in [0.25, 0.3) is 46.1 Å². The van der Waals surface area contributed by atoms with Crippen molar-refractivity contribution in [3.63, 3.8) is 0 Å². The van der Waals surface area contributed by atoms with Crippen LogP contribution in [0.4, 0.5) is 23.3 Å². The predicted molar refractivity (Wildman–Crippen MR) is 498 cm³/mol. The summed E-state index contributed by atoms with van der Waals surface area (Å²) in [6.45, 7) is 4.36. The van der Waals surface area contributed by atoms with Gasteiger partial charge in [0.2, 0.25) is 0 Å². The molecule has 0 radical (unpaired) electrons. The molecule has 2 bridgehead atoms. The lowest BCUT2D eigenvalue weighted by Gasteiger charge is -2.15. The van der Waals surface area contributed by atoms with Crippen LogP contribution in [0.15, 0.2) is 181 Å². The second-order valence-electron chi connectivity index (χ2n) is 27.2. The summed E-state index contributed by atoms with van der Waals surface area (Å²) in [6, 6.07) is 36.4. The largest absolute Gasteiger partial charge is 0.507 e. The number of carboxylic acids is 1. The molecule has 14 rings (SSSR count). The zero-order valence-electron chi connectivity index (χ0n) is 71.5. The topological polar surface area (TPSA) is 543 Å². The molecule has 13 aromatic rings. The number of aliphatic hydroxyl groups is 1. The number of carbonyl (C=O) groups excluding carboxylic acids is 4. The van der Waals surface area contributed by atoms with Gasteiger partial charge in [-0.1, -0.05) is 24.3 Å². The van der Waals surface area contributed by atoms with E-state index in [2.05, 4.69) is 155 Å². The van der Waals surface area contributed by atoms with E-state index in [1.54, 1.807) is 87.0 Å². The number of esters is 3. The van der Waals surface area contributed by atoms with Gasteiger partial charge in [0.15, 0.2) is 23.3 Å². The van der Waals surface area contributed by atoms with Crippen molar-refractivity contribution >= 4 is 133 Å². The number of carbonyl (C=O) groups is 5. The molecule has 0 saturated carbocycles. The Morgan fingerprint density at radius 2 is 0.832 bits per heavy atom. The van der Waals surface area contributed by atoms with Crippen molar-refractivity contribution in [1.29, 1.82) is 0 Å². The molecule has 1 amide bonds. The molecular formula is C86H91Br5N20O20. The molecule has 1 aliphatic heterocycles. The van der Waals surface area contributed by atoms with Crippen LogP contribution in [-0.4, -0.2) is 211 Å². The van der Waals surface area contributed by atoms with E-state index in [9.17, 15) is 44.4 Å². The van der Waals surface area contributed by atoms with Gasteiger partial charge in [-0.3, -0.25) is 4.79 Å². The van der Waals surface area contributed by atoms with Crippen molar-refractivity contribution in [3.05, 3.63) is 209 Å². The number of aryl methyl sites for hydroxylation is 4. The van der Waals surface area contributed by atoms with Gasteiger partial charge in [0, 0.05) is 32.8 Å². The summed E-state index contributed by atoms with van der Waals surface area (Å²) in [4.78, 5) is 75.9. The number of unbranched alkanes of at least 4 members (excludes halogenated alkanes) is 3. The number of aromatic nitrogens is 16. The van der Waals surface area contributed by atoms with E-state index >= 15 is 0 Å². The number of nitrogens with two attached hydrogens (primary N) is 3. The Morgan fingerprint density at radius 3 is 1.30 bits per heavy atom. The third-order valence-electron chi connectivity index (χ3n) is 18.4. The minimum absolute atomic E-state index is 0.0545. The molecule has 0 spiro atoms. The summed E-state index contributed by atoms with van der Waals surface area (Å²) in [5.41, 5.74) is 20.6. The minimum atomic E-state index is -1.07. The fourth-order valence-electron chi connectivity index (χ4n) is 11.9. The van der Waals surface area contributed by atoms with Crippen LogP contribution in [0, 0.1) is 0 Å². The summed E-state index contributed by atoms with van der Waals surface area (Å²) in [5, 5.41) is 81.1. The first-order valence-corrected chi connectivity index (χ1v) is 43.5. The number of benzene rings is 5. The highest BCUT2D eigenvalue weighted by atomic mass is 79.9. The van der Waals surface area contributed by atoms with E-state index in [1.807, 2.05) is 66.8 Å². The number of nitrogens with one attached hydrogen (secondary N) is 1. The van der Waals surface area contributed by atoms with Crippen LogP contribution in [0.3, 0.4) is 0 Å². The Bertz CT molecular complexity index is 6040. The number of phenols is 3. The predicted octanol–water partition coefficient (Wildman–Crippen LogP) is 14.4. The highest BCUT2D eigenvalue weighted by Crippen LogP contribution is 2.39. The first-order valence-electron chi connectivity index (χ1n) is 39.5. The quantitative estimate of drug-likeness (QED) is 0.00999. The zero-order chi connectivity index (χ0) is 94.6. The molecule has 0 atom stereocenters. The van der Waals surface area contributed by atoms with Crippen molar-refractivity contribution in [2.45, 2.75) is 77.5 Å². The number of nitrogens with zero attached hydrogens (tertiary/aromatic N) is 16. The van der Waals surface area contributed by atoms with Crippen molar-refractivity contribution < 1.29 is 96.9 Å². The van der Waals surface area contributed by atoms with Gasteiger partial charge in [0.25, 0.3) is 5.91 Å². The van der Waals surface area contributed by atoms with E-state index in [0.717, 1.165) is 68.6 Å². The Morgan fingerprint density at radius 1 is 0.435 bits per heavy atom. The van der Waals surface area contributed by atoms with Gasteiger partial charge in [-0.15, -0.1) is 40.8 Å². The normalized spacial score (nSPS) is 11.2. The number of aromatic carboxylic acids is 1. The van der Waals surface area contributed by atoms with E-state index in [0.29, 0.717) is 178 Å². The standard InChI is InChI=1S/C20H22BrN5O4.C19H20BrN5O4.C19H18BrN5O3.C11H15N5O.C9H9BrO4.C8H7BrO4/c1-28-17-10-13(20(27)29-2)16(11-14(17)21)30-9-4-3-8-26-12-23-25-19(26)15-6-5-7-18(22)24-15;1-28-16-9-12(19(26)27)15(10-13(16)20)29-8-3-2-7-25-11-22-24-18(25)14-5-4-6-17(21)23-14;1-27-16-9-12-15(10-13(16)20)28-8-3-2-7-25-11-21-24-18(25)14-5-4-6-17(22-14)23-19(12)26;12-10-5-3-4-9(14-10)11-15-13-8-16(11)6-1-2-7-17;1-13-8-3-5(9(12)14-2)7(11)4-6(8)10;1-13-8(12)4-2-7(11)5(9)3-6(4)10/h5-7,10-12H,3-4,8-9H2,1-2H3,(H2,22,24);4-6,9-11H,2-3,7-8H2,1H3,(H2,21,23)(H,26,27);4-6,9-11H,2-3,7-8H2,1H3,(H,22,23,26);3-5,8,17H,1-2,6-7H2,(H2,12,14);3-4,11H,1-2H3;2-3,10-11H,1H3. The van der Waals surface area contributed by atoms with Gasteiger partial charge in [0.05, 0.1) is 97.5 Å². The second-order valence-corrected chi connectivity index (χ2v) is 31.5. The highest BCUT2D eigenvalue weighted by molar-refractivity contribution is 9.11. The molecule has 45 heteroatoms. The Hall–Kier alpha value is -13.6. The van der Waals surface area contributed by atoms with Crippen molar-refractivity contribution in [2.75, 3.05) is 98.7 Å². The lowest BCUT2D eigenvalue weighted by molar-refractivity contribution is 0.0586. The molecule has 131 heavy (non-hydrogen) atoms. The molecule has 5 aromatic carbocycles. The van der Waals surface area contributed by atoms with Crippen LogP contribution in [-0.2, 0) is 40.4 Å². The summed E-state index contributed by atoms with van der Waals surface area (Å²) in [5.74, 6) is 3.90. The molecule has 40 nitrogen and oxygen atoms in total. The van der Waals surface area contributed by atoms with Crippen molar-refractivity contribution in [2.24, 2.45) is 0 Å². The summed E-state index contributed by atoms with van der Waals surface area (Å²) >= 11 is 16.4. The number of rotatable bonds is 27. The Kier molecular flexibility index (Phi) is 39.3. The molecule has 0 aliphatic carbocycles. The Labute approximate surface area is 791 Å². The molecule has 0 fully saturated rings. The number of aliphatic hydroxyl groups excluding tert-OH is 1. The number of carboxylic acid groups (broad SMARTS) is 1. The number of nitrogen functional groups attached to an aromatic ring is 3. The molecule has 9 heterocycles. The number of halogens is 5. The van der Waals surface area contributed by atoms with Crippen LogP contribution < -0.4 is 55.7 Å². The number of anilines is 4. The summed E-state index contributed by atoms with van der Waals surface area (Å²) in [7, 11) is 9.79. The van der Waals surface area contributed by atoms with Gasteiger partial charge in [-0.2, -0.15) is 0 Å². The first kappa shape index (κ1) is 101. The lowest BCUT2D eigenvalue weighted by atomic mass is 10.1. The third kappa shape index (κ3) is 28.9.